The van der Waals surface area contributed by atoms with Crippen molar-refractivity contribution in [3.05, 3.63) is 51.0 Å². The predicted octanol–water partition coefficient (Wildman–Crippen LogP) is 2.48. The second-order valence-corrected chi connectivity index (χ2v) is 4.68. The summed E-state index contributed by atoms with van der Waals surface area (Å²) in [6, 6.07) is 9.71. The minimum Gasteiger partial charge on any atom is -0.282 e. The number of rotatable bonds is 1. The molecule has 0 aliphatic rings. The molecular weight excluding hydrogens is 254 g/mol. The number of aromatic amines is 1. The molecular formula is C11H7N3OS2. The SMILES string of the molecule is O=c1[nH]c(=S)nc2scc(-c3ccccc3)n12. The summed E-state index contributed by atoms with van der Waals surface area (Å²) in [7, 11) is 0. The van der Waals surface area contributed by atoms with Crippen molar-refractivity contribution in [2.45, 2.75) is 0 Å². The lowest BCUT2D eigenvalue weighted by Crippen LogP contribution is -2.17. The van der Waals surface area contributed by atoms with Gasteiger partial charge in [0.05, 0.1) is 5.69 Å². The highest BCUT2D eigenvalue weighted by molar-refractivity contribution is 7.71. The summed E-state index contributed by atoms with van der Waals surface area (Å²) in [5, 5.41) is 1.90. The van der Waals surface area contributed by atoms with Crippen molar-refractivity contribution >= 4 is 28.5 Å². The summed E-state index contributed by atoms with van der Waals surface area (Å²) in [6.45, 7) is 0. The topological polar surface area (TPSA) is 50.2 Å². The van der Waals surface area contributed by atoms with Crippen LogP contribution in [0.25, 0.3) is 16.2 Å². The molecule has 1 N–H and O–H groups in total. The molecule has 0 amide bonds. The molecule has 0 unspecified atom stereocenters. The molecule has 3 rings (SSSR count). The van der Waals surface area contributed by atoms with Crippen LogP contribution in [0.15, 0.2) is 40.5 Å². The van der Waals surface area contributed by atoms with Gasteiger partial charge < -0.3 is 0 Å². The van der Waals surface area contributed by atoms with Crippen LogP contribution in [0.5, 0.6) is 0 Å². The Balaban J connectivity index is 2.40. The average Bonchev–Trinajstić information content (AvgIpc) is 2.74. The number of thiazole rings is 1. The van der Waals surface area contributed by atoms with Gasteiger partial charge in [0.25, 0.3) is 0 Å². The second kappa shape index (κ2) is 3.90. The molecule has 0 saturated carbocycles. The molecule has 0 radical (unpaired) electrons. The molecule has 0 spiro atoms. The number of hydrogen-bond donors (Lipinski definition) is 1. The third kappa shape index (κ3) is 1.71. The molecule has 0 atom stereocenters. The van der Waals surface area contributed by atoms with E-state index < -0.39 is 0 Å². The molecule has 0 aliphatic carbocycles. The Labute approximate surface area is 105 Å². The van der Waals surface area contributed by atoms with Crippen LogP contribution in [-0.2, 0) is 0 Å². The fraction of sp³-hybridized carbons (Fsp3) is 0. The predicted molar refractivity (Wildman–Crippen MR) is 70.0 cm³/mol. The van der Waals surface area contributed by atoms with Crippen LogP contribution >= 0.6 is 23.6 Å². The molecule has 0 aliphatic heterocycles. The van der Waals surface area contributed by atoms with Gasteiger partial charge in [0, 0.05) is 5.38 Å². The van der Waals surface area contributed by atoms with Gasteiger partial charge in [0.2, 0.25) is 9.73 Å². The molecule has 2 aromatic heterocycles. The van der Waals surface area contributed by atoms with Crippen molar-refractivity contribution in [1.29, 1.82) is 0 Å². The highest BCUT2D eigenvalue weighted by atomic mass is 32.1. The van der Waals surface area contributed by atoms with Crippen molar-refractivity contribution < 1.29 is 0 Å². The molecule has 1 aromatic carbocycles. The van der Waals surface area contributed by atoms with Gasteiger partial charge in [-0.1, -0.05) is 30.3 Å². The van der Waals surface area contributed by atoms with Crippen LogP contribution in [0.2, 0.25) is 0 Å². The Hall–Kier alpha value is -1.79. The van der Waals surface area contributed by atoms with Gasteiger partial charge in [-0.25, -0.2) is 9.20 Å². The standard InChI is InChI=1S/C11H7N3OS2/c15-10-12-9(16)13-11-14(10)8(6-17-11)7-4-2-1-3-5-7/h1-6H,(H,12,15,16). The van der Waals surface area contributed by atoms with E-state index in [0.29, 0.717) is 4.96 Å². The van der Waals surface area contributed by atoms with Crippen LogP contribution in [0.1, 0.15) is 0 Å². The molecule has 17 heavy (non-hydrogen) atoms. The zero-order valence-corrected chi connectivity index (χ0v) is 10.2. The van der Waals surface area contributed by atoms with Crippen LogP contribution in [0.4, 0.5) is 0 Å². The number of nitrogens with zero attached hydrogens (tertiary/aromatic N) is 2. The number of benzene rings is 1. The average molecular weight is 261 g/mol. The zero-order chi connectivity index (χ0) is 11.8. The maximum Gasteiger partial charge on any atom is 0.334 e. The molecule has 6 heteroatoms. The second-order valence-electron chi connectivity index (χ2n) is 3.45. The van der Waals surface area contributed by atoms with Gasteiger partial charge in [-0.05, 0) is 17.8 Å². The summed E-state index contributed by atoms with van der Waals surface area (Å²) in [5.74, 6) is 0. The first-order chi connectivity index (χ1) is 8.25. The van der Waals surface area contributed by atoms with E-state index in [1.165, 1.54) is 15.7 Å². The first kappa shape index (κ1) is 10.4. The van der Waals surface area contributed by atoms with E-state index in [4.69, 9.17) is 12.2 Å². The number of H-pyrrole nitrogens is 1. The number of nitrogens with one attached hydrogen (secondary N) is 1. The minimum absolute atomic E-state index is 0.219. The van der Waals surface area contributed by atoms with E-state index in [1.54, 1.807) is 0 Å². The molecule has 0 fully saturated rings. The Bertz CT molecular complexity index is 786. The molecule has 4 nitrogen and oxygen atoms in total. The van der Waals surface area contributed by atoms with Crippen molar-refractivity contribution in [2.24, 2.45) is 0 Å². The van der Waals surface area contributed by atoms with E-state index in [2.05, 4.69) is 9.97 Å². The van der Waals surface area contributed by atoms with Crippen molar-refractivity contribution in [3.63, 3.8) is 0 Å². The molecule has 0 saturated heterocycles. The van der Waals surface area contributed by atoms with Crippen molar-refractivity contribution in [2.75, 3.05) is 0 Å². The van der Waals surface area contributed by atoms with Gasteiger partial charge in [-0.2, -0.15) is 4.98 Å². The first-order valence-electron chi connectivity index (χ1n) is 4.92. The van der Waals surface area contributed by atoms with Crippen molar-refractivity contribution in [1.82, 2.24) is 14.4 Å². The molecule has 0 bridgehead atoms. The normalized spacial score (nSPS) is 10.8. The molecule has 2 heterocycles. The Morgan fingerprint density at radius 1 is 1.29 bits per heavy atom. The third-order valence-electron chi connectivity index (χ3n) is 2.39. The summed E-state index contributed by atoms with van der Waals surface area (Å²) >= 11 is 6.28. The van der Waals surface area contributed by atoms with Gasteiger partial charge in [-0.3, -0.25) is 4.98 Å². The van der Waals surface area contributed by atoms with Gasteiger partial charge in [-0.15, -0.1) is 11.3 Å². The fourth-order valence-electron chi connectivity index (χ4n) is 1.66. The molecule has 84 valence electrons. The smallest absolute Gasteiger partial charge is 0.282 e. The number of hydrogen-bond acceptors (Lipinski definition) is 4. The van der Waals surface area contributed by atoms with E-state index in [1.807, 2.05) is 35.7 Å². The summed E-state index contributed by atoms with van der Waals surface area (Å²) in [6.07, 6.45) is 0. The summed E-state index contributed by atoms with van der Waals surface area (Å²) in [4.78, 5) is 19.1. The van der Waals surface area contributed by atoms with Gasteiger partial charge in [0.1, 0.15) is 0 Å². The lowest BCUT2D eigenvalue weighted by Gasteiger charge is -1.99. The molecule has 3 aromatic rings. The Kier molecular flexibility index (Phi) is 2.38. The van der Waals surface area contributed by atoms with Crippen LogP contribution in [0.3, 0.4) is 0 Å². The van der Waals surface area contributed by atoms with E-state index in [-0.39, 0.29) is 10.5 Å². The Morgan fingerprint density at radius 2 is 2.06 bits per heavy atom. The third-order valence-corrected chi connectivity index (χ3v) is 3.41. The van der Waals surface area contributed by atoms with Crippen LogP contribution in [-0.4, -0.2) is 14.4 Å². The lowest BCUT2D eigenvalue weighted by atomic mass is 10.2. The van der Waals surface area contributed by atoms with Crippen molar-refractivity contribution in [3.8, 4) is 11.3 Å². The van der Waals surface area contributed by atoms with E-state index in [0.717, 1.165) is 11.3 Å². The fourth-order valence-corrected chi connectivity index (χ4v) is 2.78. The zero-order valence-electron chi connectivity index (χ0n) is 8.58. The number of aromatic nitrogens is 3. The highest BCUT2D eigenvalue weighted by Gasteiger charge is 2.08. The Morgan fingerprint density at radius 3 is 2.82 bits per heavy atom. The van der Waals surface area contributed by atoms with Crippen LogP contribution < -0.4 is 5.69 Å². The summed E-state index contributed by atoms with van der Waals surface area (Å²) < 4.78 is 1.76. The number of fused-ring (bicyclic) bond motifs is 1. The minimum atomic E-state index is -0.250. The quantitative estimate of drug-likeness (QED) is 0.685. The monoisotopic (exact) mass is 261 g/mol. The maximum atomic E-state index is 11.9. The van der Waals surface area contributed by atoms with E-state index >= 15 is 0 Å². The largest absolute Gasteiger partial charge is 0.334 e. The summed E-state index contributed by atoms with van der Waals surface area (Å²) in [5.41, 5.74) is 1.56. The van der Waals surface area contributed by atoms with Gasteiger partial charge in [0.15, 0.2) is 0 Å². The first-order valence-corrected chi connectivity index (χ1v) is 6.20. The van der Waals surface area contributed by atoms with Gasteiger partial charge >= 0.3 is 5.69 Å². The lowest BCUT2D eigenvalue weighted by molar-refractivity contribution is 0.951. The highest BCUT2D eigenvalue weighted by Crippen LogP contribution is 2.22. The van der Waals surface area contributed by atoms with E-state index in [9.17, 15) is 4.79 Å². The maximum absolute atomic E-state index is 11.9. The van der Waals surface area contributed by atoms with Crippen LogP contribution in [0, 0.1) is 4.77 Å².